The maximum absolute atomic E-state index is 6.35. The minimum absolute atomic E-state index is 0.108. The minimum Gasteiger partial charge on any atom is -0.324 e. The van der Waals surface area contributed by atoms with Gasteiger partial charge in [-0.15, -0.1) is 0 Å². The van der Waals surface area contributed by atoms with Gasteiger partial charge >= 0.3 is 0 Å². The van der Waals surface area contributed by atoms with Gasteiger partial charge in [-0.3, -0.25) is 0 Å². The summed E-state index contributed by atoms with van der Waals surface area (Å²) in [6.07, 6.45) is 0.926. The molecular weight excluding hydrogens is 238 g/mol. The van der Waals surface area contributed by atoms with Gasteiger partial charge in [0.1, 0.15) is 0 Å². The Bertz CT molecular complexity index is 531. The third kappa shape index (κ3) is 2.65. The molecule has 2 rings (SSSR count). The van der Waals surface area contributed by atoms with Crippen LogP contribution in [0.25, 0.3) is 0 Å². The van der Waals surface area contributed by atoms with Crippen LogP contribution in [0.5, 0.6) is 0 Å². The Balaban J connectivity index is 2.27. The van der Waals surface area contributed by atoms with Gasteiger partial charge < -0.3 is 5.73 Å². The average Bonchev–Trinajstić information content (AvgIpc) is 2.69. The number of nitrogens with two attached hydrogens (primary N) is 1. The summed E-state index contributed by atoms with van der Waals surface area (Å²) < 4.78 is 0. The average molecular weight is 259 g/mol. The van der Waals surface area contributed by atoms with E-state index in [4.69, 9.17) is 5.73 Å². The Morgan fingerprint density at radius 1 is 1.00 bits per heavy atom. The van der Waals surface area contributed by atoms with Crippen LogP contribution in [0.2, 0.25) is 0 Å². The quantitative estimate of drug-likeness (QED) is 0.877. The van der Waals surface area contributed by atoms with E-state index in [-0.39, 0.29) is 6.04 Å². The summed E-state index contributed by atoms with van der Waals surface area (Å²) in [6.45, 7) is 8.65. The molecule has 0 aliphatic rings. The molecule has 2 aromatic rings. The lowest BCUT2D eigenvalue weighted by Gasteiger charge is -2.16. The lowest BCUT2D eigenvalue weighted by molar-refractivity contribution is 0.713. The van der Waals surface area contributed by atoms with Crippen molar-refractivity contribution in [3.8, 4) is 0 Å². The molecule has 96 valence electrons. The van der Waals surface area contributed by atoms with Crippen LogP contribution in [-0.2, 0) is 6.42 Å². The highest BCUT2D eigenvalue weighted by Crippen LogP contribution is 2.26. The molecule has 0 radical (unpaired) electrons. The van der Waals surface area contributed by atoms with E-state index in [2.05, 4.69) is 50.6 Å². The molecule has 0 spiro atoms. The van der Waals surface area contributed by atoms with Crippen molar-refractivity contribution in [2.24, 2.45) is 5.73 Å². The van der Waals surface area contributed by atoms with Gasteiger partial charge in [0, 0.05) is 6.04 Å². The first-order chi connectivity index (χ1) is 8.49. The number of rotatable bonds is 3. The predicted molar refractivity (Wildman–Crippen MR) is 80.3 cm³/mol. The van der Waals surface area contributed by atoms with E-state index in [9.17, 15) is 0 Å². The molecule has 0 bridgehead atoms. The van der Waals surface area contributed by atoms with Crippen LogP contribution in [0.3, 0.4) is 0 Å². The van der Waals surface area contributed by atoms with Crippen molar-refractivity contribution in [2.45, 2.75) is 40.2 Å². The number of aryl methyl sites for hydroxylation is 4. The Morgan fingerprint density at radius 2 is 1.61 bits per heavy atom. The number of benzene rings is 1. The van der Waals surface area contributed by atoms with Crippen molar-refractivity contribution in [2.75, 3.05) is 0 Å². The van der Waals surface area contributed by atoms with Gasteiger partial charge in [-0.25, -0.2) is 0 Å². The fourth-order valence-corrected chi connectivity index (χ4v) is 3.53. The van der Waals surface area contributed by atoms with Crippen LogP contribution in [0.4, 0.5) is 0 Å². The van der Waals surface area contributed by atoms with E-state index >= 15 is 0 Å². The Labute approximate surface area is 114 Å². The van der Waals surface area contributed by atoms with Gasteiger partial charge in [0.2, 0.25) is 0 Å². The van der Waals surface area contributed by atoms with Gasteiger partial charge in [-0.1, -0.05) is 17.7 Å². The van der Waals surface area contributed by atoms with Gasteiger partial charge in [0.15, 0.2) is 0 Å². The SMILES string of the molecule is Cc1cc(C)c(CC(N)c2cscc2C)c(C)c1. The predicted octanol–water partition coefficient (Wildman–Crippen LogP) is 4.22. The first kappa shape index (κ1) is 13.3. The number of hydrogen-bond acceptors (Lipinski definition) is 2. The second-order valence-electron chi connectivity index (χ2n) is 5.20. The van der Waals surface area contributed by atoms with Crippen molar-refractivity contribution in [3.05, 3.63) is 56.3 Å². The van der Waals surface area contributed by atoms with E-state index in [1.54, 1.807) is 11.3 Å². The lowest BCUT2D eigenvalue weighted by atomic mass is 9.92. The summed E-state index contributed by atoms with van der Waals surface area (Å²) in [6, 6.07) is 4.60. The van der Waals surface area contributed by atoms with Crippen LogP contribution in [0.15, 0.2) is 22.9 Å². The molecule has 1 nitrogen and oxygen atoms in total. The van der Waals surface area contributed by atoms with E-state index in [1.807, 2.05) is 0 Å². The molecule has 1 unspecified atom stereocenters. The smallest absolute Gasteiger partial charge is 0.0346 e. The van der Waals surface area contributed by atoms with E-state index in [0.29, 0.717) is 0 Å². The second kappa shape index (κ2) is 5.25. The molecule has 0 saturated carbocycles. The minimum atomic E-state index is 0.108. The van der Waals surface area contributed by atoms with E-state index in [0.717, 1.165) is 6.42 Å². The molecule has 1 aromatic heterocycles. The summed E-state index contributed by atoms with van der Waals surface area (Å²) in [4.78, 5) is 0. The molecule has 0 aliphatic carbocycles. The van der Waals surface area contributed by atoms with Crippen molar-refractivity contribution < 1.29 is 0 Å². The second-order valence-corrected chi connectivity index (χ2v) is 5.94. The van der Waals surface area contributed by atoms with Crippen LogP contribution in [-0.4, -0.2) is 0 Å². The Morgan fingerprint density at radius 3 is 2.11 bits per heavy atom. The Kier molecular flexibility index (Phi) is 3.88. The Hall–Kier alpha value is -1.12. The summed E-state index contributed by atoms with van der Waals surface area (Å²) in [5.41, 5.74) is 14.4. The van der Waals surface area contributed by atoms with Crippen molar-refractivity contribution in [1.29, 1.82) is 0 Å². The third-order valence-electron chi connectivity index (χ3n) is 3.56. The molecule has 0 fully saturated rings. The molecule has 0 amide bonds. The van der Waals surface area contributed by atoms with Crippen molar-refractivity contribution in [1.82, 2.24) is 0 Å². The lowest BCUT2D eigenvalue weighted by Crippen LogP contribution is -2.15. The third-order valence-corrected chi connectivity index (χ3v) is 4.44. The molecule has 1 heterocycles. The van der Waals surface area contributed by atoms with Gasteiger partial charge in [-0.05, 0) is 72.7 Å². The molecular formula is C16H21NS. The zero-order chi connectivity index (χ0) is 13.3. The van der Waals surface area contributed by atoms with E-state index < -0.39 is 0 Å². The first-order valence-electron chi connectivity index (χ1n) is 6.34. The molecule has 1 aromatic carbocycles. The molecule has 18 heavy (non-hydrogen) atoms. The zero-order valence-electron chi connectivity index (χ0n) is 11.6. The summed E-state index contributed by atoms with van der Waals surface area (Å²) in [5, 5.41) is 4.35. The maximum Gasteiger partial charge on any atom is 0.0346 e. The van der Waals surface area contributed by atoms with Gasteiger partial charge in [0.05, 0.1) is 0 Å². The van der Waals surface area contributed by atoms with Crippen LogP contribution < -0.4 is 5.73 Å². The zero-order valence-corrected chi connectivity index (χ0v) is 12.4. The van der Waals surface area contributed by atoms with Gasteiger partial charge in [0.25, 0.3) is 0 Å². The summed E-state index contributed by atoms with van der Waals surface area (Å²) in [5.74, 6) is 0. The number of hydrogen-bond donors (Lipinski definition) is 1. The largest absolute Gasteiger partial charge is 0.324 e. The monoisotopic (exact) mass is 259 g/mol. The molecule has 2 heteroatoms. The fourth-order valence-electron chi connectivity index (χ4n) is 2.61. The summed E-state index contributed by atoms with van der Waals surface area (Å²) >= 11 is 1.74. The topological polar surface area (TPSA) is 26.0 Å². The van der Waals surface area contributed by atoms with Gasteiger partial charge in [-0.2, -0.15) is 11.3 Å². The fraction of sp³-hybridized carbons (Fsp3) is 0.375. The maximum atomic E-state index is 6.35. The number of thiophene rings is 1. The molecule has 0 saturated heterocycles. The van der Waals surface area contributed by atoms with Crippen LogP contribution >= 0.6 is 11.3 Å². The molecule has 2 N–H and O–H groups in total. The highest BCUT2D eigenvalue weighted by atomic mass is 32.1. The highest BCUT2D eigenvalue weighted by molar-refractivity contribution is 7.08. The standard InChI is InChI=1S/C16H21NS/c1-10-5-11(2)14(12(3)6-10)7-16(17)15-9-18-8-13(15)4/h5-6,8-9,16H,7,17H2,1-4H3. The molecule has 0 aliphatic heterocycles. The first-order valence-corrected chi connectivity index (χ1v) is 7.28. The van der Waals surface area contributed by atoms with Crippen LogP contribution in [0.1, 0.15) is 39.4 Å². The highest BCUT2D eigenvalue weighted by Gasteiger charge is 2.13. The van der Waals surface area contributed by atoms with Crippen LogP contribution in [0, 0.1) is 27.7 Å². The summed E-state index contributed by atoms with van der Waals surface area (Å²) in [7, 11) is 0. The van der Waals surface area contributed by atoms with Crippen molar-refractivity contribution >= 4 is 11.3 Å². The molecule has 1 atom stereocenters. The van der Waals surface area contributed by atoms with Crippen molar-refractivity contribution in [3.63, 3.8) is 0 Å². The van der Waals surface area contributed by atoms with E-state index in [1.165, 1.54) is 33.4 Å². The normalized spacial score (nSPS) is 12.7.